The van der Waals surface area contributed by atoms with Gasteiger partial charge in [0.15, 0.2) is 11.5 Å². The summed E-state index contributed by atoms with van der Waals surface area (Å²) in [6.45, 7) is 3.75. The summed E-state index contributed by atoms with van der Waals surface area (Å²) in [5.74, 6) is 1.94. The average Bonchev–Trinajstić information content (AvgIpc) is 3.21. The molecule has 2 bridgehead atoms. The SMILES string of the molecule is O=C(O[C@H]1CN2CCC1CC2)N(Cc1ccc2c(c1)OCO2)c1ccccc1. The largest absolute Gasteiger partial charge is 0.454 e. The second-order valence-corrected chi connectivity index (χ2v) is 7.67. The number of carbonyl (C=O) groups excluding carboxylic acids is 1. The van der Waals surface area contributed by atoms with E-state index in [1.54, 1.807) is 4.90 Å². The fraction of sp³-hybridized carbons (Fsp3) is 0.409. The maximum absolute atomic E-state index is 13.2. The number of hydrogen-bond acceptors (Lipinski definition) is 5. The molecule has 6 rings (SSSR count). The highest BCUT2D eigenvalue weighted by Gasteiger charge is 2.37. The summed E-state index contributed by atoms with van der Waals surface area (Å²) < 4.78 is 16.9. The molecule has 3 fully saturated rings. The lowest BCUT2D eigenvalue weighted by molar-refractivity contribution is -0.0311. The van der Waals surface area contributed by atoms with Gasteiger partial charge in [0.1, 0.15) is 6.10 Å². The van der Waals surface area contributed by atoms with Crippen molar-refractivity contribution < 1.29 is 19.0 Å². The van der Waals surface area contributed by atoms with E-state index in [-0.39, 0.29) is 19.0 Å². The van der Waals surface area contributed by atoms with Gasteiger partial charge >= 0.3 is 6.09 Å². The molecule has 0 radical (unpaired) electrons. The Kier molecular flexibility index (Phi) is 4.56. The Labute approximate surface area is 164 Å². The van der Waals surface area contributed by atoms with Crippen LogP contribution in [0.15, 0.2) is 48.5 Å². The van der Waals surface area contributed by atoms with Crippen molar-refractivity contribution in [3.63, 3.8) is 0 Å². The minimum absolute atomic E-state index is 0.0158. The van der Waals surface area contributed by atoms with Crippen molar-refractivity contribution in [2.45, 2.75) is 25.5 Å². The Hall–Kier alpha value is -2.73. The molecule has 0 saturated carbocycles. The third-order valence-electron chi connectivity index (χ3n) is 5.91. The van der Waals surface area contributed by atoms with Crippen LogP contribution in [0.4, 0.5) is 10.5 Å². The Morgan fingerprint density at radius 1 is 1.07 bits per heavy atom. The number of rotatable bonds is 4. The molecule has 4 aliphatic heterocycles. The molecule has 6 nitrogen and oxygen atoms in total. The van der Waals surface area contributed by atoms with E-state index in [1.807, 2.05) is 48.5 Å². The molecule has 6 heteroatoms. The van der Waals surface area contributed by atoms with Crippen molar-refractivity contribution in [2.75, 3.05) is 31.3 Å². The molecule has 0 aromatic heterocycles. The van der Waals surface area contributed by atoms with Crippen molar-refractivity contribution in [3.05, 3.63) is 54.1 Å². The number of para-hydroxylation sites is 1. The smallest absolute Gasteiger partial charge is 0.414 e. The summed E-state index contributed by atoms with van der Waals surface area (Å²) in [6, 6.07) is 15.5. The van der Waals surface area contributed by atoms with Gasteiger partial charge < -0.3 is 14.2 Å². The fourth-order valence-corrected chi connectivity index (χ4v) is 4.33. The van der Waals surface area contributed by atoms with E-state index in [2.05, 4.69) is 4.90 Å². The Balaban J connectivity index is 1.36. The monoisotopic (exact) mass is 380 g/mol. The topological polar surface area (TPSA) is 51.2 Å². The second-order valence-electron chi connectivity index (χ2n) is 7.67. The lowest BCUT2D eigenvalue weighted by atomic mass is 9.86. The predicted octanol–water partition coefficient (Wildman–Crippen LogP) is 3.65. The van der Waals surface area contributed by atoms with E-state index >= 15 is 0 Å². The molecule has 1 atom stereocenters. The molecular formula is C22H24N2O4. The fourth-order valence-electron chi connectivity index (χ4n) is 4.33. The van der Waals surface area contributed by atoms with Gasteiger partial charge in [0.2, 0.25) is 6.79 Å². The standard InChI is InChI=1S/C22H24N2O4/c25-22(28-21-14-23-10-8-17(21)9-11-23)24(18-4-2-1-3-5-18)13-16-6-7-19-20(12-16)27-15-26-19/h1-7,12,17,21H,8-11,13-15H2/t21-/m0/s1. The van der Waals surface area contributed by atoms with Gasteiger partial charge in [0.05, 0.1) is 6.54 Å². The molecule has 28 heavy (non-hydrogen) atoms. The van der Waals surface area contributed by atoms with E-state index < -0.39 is 0 Å². The van der Waals surface area contributed by atoms with Crippen LogP contribution in [0.2, 0.25) is 0 Å². The molecule has 0 unspecified atom stereocenters. The predicted molar refractivity (Wildman–Crippen MR) is 105 cm³/mol. The van der Waals surface area contributed by atoms with Crippen molar-refractivity contribution >= 4 is 11.8 Å². The molecule has 4 aliphatic rings. The zero-order chi connectivity index (χ0) is 18.9. The van der Waals surface area contributed by atoms with Gasteiger partial charge in [-0.1, -0.05) is 24.3 Å². The van der Waals surface area contributed by atoms with E-state index in [0.29, 0.717) is 12.5 Å². The normalized spacial score (nSPS) is 24.8. The average molecular weight is 380 g/mol. The summed E-state index contributed by atoms with van der Waals surface area (Å²) in [6.07, 6.45) is 1.93. The summed E-state index contributed by atoms with van der Waals surface area (Å²) in [7, 11) is 0. The van der Waals surface area contributed by atoms with Crippen LogP contribution in [0, 0.1) is 5.92 Å². The molecule has 0 aliphatic carbocycles. The first-order valence-electron chi connectivity index (χ1n) is 9.90. The summed E-state index contributed by atoms with van der Waals surface area (Å²) in [5.41, 5.74) is 1.80. The molecule has 4 heterocycles. The van der Waals surface area contributed by atoms with Crippen LogP contribution in [0.1, 0.15) is 18.4 Å². The third-order valence-corrected chi connectivity index (χ3v) is 5.91. The molecule has 1 amide bonds. The van der Waals surface area contributed by atoms with Crippen LogP contribution >= 0.6 is 0 Å². The van der Waals surface area contributed by atoms with Gasteiger partial charge in [0.25, 0.3) is 0 Å². The maximum Gasteiger partial charge on any atom is 0.414 e. The lowest BCUT2D eigenvalue weighted by Crippen LogP contribution is -2.53. The second kappa shape index (κ2) is 7.36. The van der Waals surface area contributed by atoms with E-state index in [0.717, 1.165) is 55.2 Å². The number of fused-ring (bicyclic) bond motifs is 4. The Morgan fingerprint density at radius 3 is 2.61 bits per heavy atom. The summed E-state index contributed by atoms with van der Waals surface area (Å²) in [4.78, 5) is 17.3. The van der Waals surface area contributed by atoms with Gasteiger partial charge in [-0.3, -0.25) is 9.80 Å². The van der Waals surface area contributed by atoms with Gasteiger partial charge in [-0.05, 0) is 61.7 Å². The molecule has 0 spiro atoms. The van der Waals surface area contributed by atoms with Gasteiger partial charge in [-0.2, -0.15) is 0 Å². The number of piperidine rings is 3. The molecule has 2 aromatic rings. The van der Waals surface area contributed by atoms with Crippen molar-refractivity contribution in [3.8, 4) is 11.5 Å². The quantitative estimate of drug-likeness (QED) is 0.810. The van der Waals surface area contributed by atoms with Crippen LogP contribution in [-0.4, -0.2) is 43.5 Å². The Bertz CT molecular complexity index is 849. The number of nitrogens with zero attached hydrogens (tertiary/aromatic N) is 2. The number of amides is 1. The molecule has 3 saturated heterocycles. The van der Waals surface area contributed by atoms with Gasteiger partial charge in [0, 0.05) is 12.2 Å². The summed E-state index contributed by atoms with van der Waals surface area (Å²) in [5, 5.41) is 0. The van der Waals surface area contributed by atoms with Crippen LogP contribution in [0.25, 0.3) is 0 Å². The van der Waals surface area contributed by atoms with E-state index in [9.17, 15) is 4.79 Å². The Morgan fingerprint density at radius 2 is 1.86 bits per heavy atom. The van der Waals surface area contributed by atoms with E-state index in [1.165, 1.54) is 0 Å². The van der Waals surface area contributed by atoms with Crippen molar-refractivity contribution in [1.29, 1.82) is 0 Å². The maximum atomic E-state index is 13.2. The van der Waals surface area contributed by atoms with Crippen LogP contribution in [-0.2, 0) is 11.3 Å². The first-order chi connectivity index (χ1) is 13.8. The van der Waals surface area contributed by atoms with E-state index in [4.69, 9.17) is 14.2 Å². The lowest BCUT2D eigenvalue weighted by Gasteiger charge is -2.44. The highest BCUT2D eigenvalue weighted by atomic mass is 16.7. The number of anilines is 1. The van der Waals surface area contributed by atoms with Gasteiger partial charge in [-0.15, -0.1) is 0 Å². The van der Waals surface area contributed by atoms with Crippen LogP contribution in [0.5, 0.6) is 11.5 Å². The first kappa shape index (κ1) is 17.4. The van der Waals surface area contributed by atoms with Gasteiger partial charge in [-0.25, -0.2) is 4.79 Å². The molecule has 2 aromatic carbocycles. The number of carbonyl (C=O) groups is 1. The van der Waals surface area contributed by atoms with Crippen molar-refractivity contribution in [2.24, 2.45) is 5.92 Å². The number of hydrogen-bond donors (Lipinski definition) is 0. The molecule has 0 N–H and O–H groups in total. The van der Waals surface area contributed by atoms with Crippen molar-refractivity contribution in [1.82, 2.24) is 4.90 Å². The zero-order valence-corrected chi connectivity index (χ0v) is 15.8. The zero-order valence-electron chi connectivity index (χ0n) is 15.8. The molecular weight excluding hydrogens is 356 g/mol. The number of ether oxygens (including phenoxy) is 3. The minimum atomic E-state index is -0.289. The number of benzene rings is 2. The summed E-state index contributed by atoms with van der Waals surface area (Å²) >= 11 is 0. The van der Waals surface area contributed by atoms with Crippen LogP contribution < -0.4 is 14.4 Å². The highest BCUT2D eigenvalue weighted by Crippen LogP contribution is 2.34. The van der Waals surface area contributed by atoms with Crippen LogP contribution in [0.3, 0.4) is 0 Å². The minimum Gasteiger partial charge on any atom is -0.454 e. The molecule has 146 valence electrons. The third kappa shape index (κ3) is 3.40. The first-order valence-corrected chi connectivity index (χ1v) is 9.90. The highest BCUT2D eigenvalue weighted by molar-refractivity contribution is 5.87.